The molecule has 8 heteroatoms. The number of allylic oxidation sites excluding steroid dienone is 6. The van der Waals surface area contributed by atoms with Crippen LogP contribution in [0.4, 0.5) is 0 Å². The van der Waals surface area contributed by atoms with Gasteiger partial charge in [0.1, 0.15) is 0 Å². The average molecular weight is 553 g/mol. The molecule has 0 heterocycles. The Bertz CT molecular complexity index is 1070. The quantitative estimate of drug-likeness (QED) is 0.256. The highest BCUT2D eigenvalue weighted by molar-refractivity contribution is 5.84. The van der Waals surface area contributed by atoms with Gasteiger partial charge in [-0.1, -0.05) is 36.5 Å². The lowest BCUT2D eigenvalue weighted by Crippen LogP contribution is -2.67. The normalized spacial score (nSPS) is 44.5. The number of ether oxygens (including phenoxy) is 4. The summed E-state index contributed by atoms with van der Waals surface area (Å²) in [7, 11) is 0. The molecule has 9 rings (SSSR count). The van der Waals surface area contributed by atoms with Gasteiger partial charge in [0.2, 0.25) is 0 Å². The van der Waals surface area contributed by atoms with Crippen molar-refractivity contribution < 1.29 is 38.1 Å². The Balaban J connectivity index is 1.38. The van der Waals surface area contributed by atoms with Gasteiger partial charge in [-0.3, -0.25) is 19.2 Å². The van der Waals surface area contributed by atoms with Crippen LogP contribution >= 0.6 is 0 Å². The maximum Gasteiger partial charge on any atom is 0.310 e. The summed E-state index contributed by atoms with van der Waals surface area (Å²) in [4.78, 5) is 50.4. The van der Waals surface area contributed by atoms with Crippen molar-refractivity contribution in [2.24, 2.45) is 82.9 Å². The van der Waals surface area contributed by atoms with Crippen LogP contribution in [-0.2, 0) is 38.1 Å². The largest absolute Gasteiger partial charge is 0.466 e. The molecule has 0 N–H and O–H groups in total. The first-order valence-corrected chi connectivity index (χ1v) is 14.9. The SMILES string of the molecule is CCOC(=O)[C@H]1[C@H]2C=C[C@@H]([C@@H]1C(=O)OCC)[C@@H]1[C@@H]3C=C[C@H]([C@H]21)[C@H]1[C@H]2C=C[C@H]([C@@H](COC(C)=O)[C@@H]2COC(C)=O)[C@@H]31. The third-order valence-electron chi connectivity index (χ3n) is 10.9. The summed E-state index contributed by atoms with van der Waals surface area (Å²) >= 11 is 0. The first kappa shape index (κ1) is 27.3. The van der Waals surface area contributed by atoms with Crippen LogP contribution in [0.5, 0.6) is 0 Å². The lowest BCUT2D eigenvalue weighted by molar-refractivity contribution is -0.196. The molecule has 3 fully saturated rings. The van der Waals surface area contributed by atoms with Crippen LogP contribution in [0.15, 0.2) is 36.5 Å². The van der Waals surface area contributed by atoms with Gasteiger partial charge in [0.25, 0.3) is 0 Å². The molecule has 14 atom stereocenters. The molecule has 0 radical (unpaired) electrons. The van der Waals surface area contributed by atoms with Crippen LogP contribution in [0.2, 0.25) is 0 Å². The van der Waals surface area contributed by atoms with E-state index in [1.807, 2.05) is 0 Å². The minimum Gasteiger partial charge on any atom is -0.466 e. The van der Waals surface area contributed by atoms with E-state index in [-0.39, 0.29) is 96.3 Å². The summed E-state index contributed by atoms with van der Waals surface area (Å²) in [6.07, 6.45) is 13.7. The van der Waals surface area contributed by atoms with Gasteiger partial charge in [-0.15, -0.1) is 0 Å². The zero-order valence-corrected chi connectivity index (χ0v) is 23.6. The molecule has 216 valence electrons. The summed E-state index contributed by atoms with van der Waals surface area (Å²) in [5.41, 5.74) is 0. The van der Waals surface area contributed by atoms with Crippen molar-refractivity contribution in [3.8, 4) is 0 Å². The topological polar surface area (TPSA) is 105 Å². The molecule has 0 saturated heterocycles. The number of fused-ring (bicyclic) bond motifs is 2. The van der Waals surface area contributed by atoms with Crippen LogP contribution < -0.4 is 0 Å². The summed E-state index contributed by atoms with van der Waals surface area (Å²) in [5, 5.41) is 0. The van der Waals surface area contributed by atoms with Crippen molar-refractivity contribution >= 4 is 23.9 Å². The van der Waals surface area contributed by atoms with E-state index in [1.165, 1.54) is 13.8 Å². The summed E-state index contributed by atoms with van der Waals surface area (Å²) in [6.45, 7) is 7.59. The van der Waals surface area contributed by atoms with Crippen molar-refractivity contribution in [3.63, 3.8) is 0 Å². The van der Waals surface area contributed by atoms with E-state index in [0.717, 1.165) is 0 Å². The molecule has 0 spiro atoms. The molecule has 9 aliphatic rings. The van der Waals surface area contributed by atoms with Crippen molar-refractivity contribution in [1.82, 2.24) is 0 Å². The summed E-state index contributed by atoms with van der Waals surface area (Å²) in [5.74, 6) is -0.541. The van der Waals surface area contributed by atoms with Gasteiger partial charge in [0.15, 0.2) is 0 Å². The highest BCUT2D eigenvalue weighted by Crippen LogP contribution is 2.70. The molecule has 9 aliphatic carbocycles. The van der Waals surface area contributed by atoms with Crippen LogP contribution in [0, 0.1) is 82.9 Å². The first-order valence-electron chi connectivity index (χ1n) is 14.9. The minimum atomic E-state index is -0.550. The van der Waals surface area contributed by atoms with Crippen molar-refractivity contribution in [2.45, 2.75) is 27.7 Å². The third-order valence-corrected chi connectivity index (χ3v) is 10.9. The molecule has 8 nitrogen and oxygen atoms in total. The zero-order valence-electron chi connectivity index (χ0n) is 23.6. The second-order valence-electron chi connectivity index (χ2n) is 12.4. The number of carbonyl (C=O) groups is 4. The molecular weight excluding hydrogens is 512 g/mol. The predicted octanol–water partition coefficient (Wildman–Crippen LogP) is 3.62. The number of hydrogen-bond donors (Lipinski definition) is 0. The highest BCUT2D eigenvalue weighted by Gasteiger charge is 2.69. The van der Waals surface area contributed by atoms with Crippen LogP contribution in [0.3, 0.4) is 0 Å². The van der Waals surface area contributed by atoms with E-state index >= 15 is 0 Å². The predicted molar refractivity (Wildman–Crippen MR) is 143 cm³/mol. The Labute approximate surface area is 235 Å². The smallest absolute Gasteiger partial charge is 0.310 e. The molecular formula is C32H40O8. The van der Waals surface area contributed by atoms with E-state index in [2.05, 4.69) is 36.5 Å². The molecule has 0 aromatic rings. The zero-order chi connectivity index (χ0) is 28.3. The second kappa shape index (κ2) is 10.5. The Kier molecular flexibility index (Phi) is 7.16. The average Bonchev–Trinajstić information content (AvgIpc) is 2.95. The van der Waals surface area contributed by atoms with Gasteiger partial charge >= 0.3 is 23.9 Å². The number of hydrogen-bond acceptors (Lipinski definition) is 8. The van der Waals surface area contributed by atoms with Gasteiger partial charge < -0.3 is 18.9 Å². The molecule has 6 bridgehead atoms. The molecule has 0 aromatic heterocycles. The molecule has 3 saturated carbocycles. The fraction of sp³-hybridized carbons (Fsp3) is 0.688. The Hall–Kier alpha value is -2.90. The van der Waals surface area contributed by atoms with Gasteiger partial charge in [-0.05, 0) is 73.0 Å². The van der Waals surface area contributed by atoms with E-state index in [0.29, 0.717) is 25.0 Å². The maximum atomic E-state index is 13.4. The number of carbonyl (C=O) groups excluding carboxylic acids is 4. The minimum absolute atomic E-state index is 0.0511. The van der Waals surface area contributed by atoms with E-state index in [4.69, 9.17) is 18.9 Å². The van der Waals surface area contributed by atoms with Gasteiger partial charge in [-0.25, -0.2) is 0 Å². The number of esters is 4. The van der Waals surface area contributed by atoms with E-state index in [9.17, 15) is 19.2 Å². The van der Waals surface area contributed by atoms with Gasteiger partial charge in [0, 0.05) is 25.7 Å². The first-order chi connectivity index (χ1) is 19.3. The monoisotopic (exact) mass is 552 g/mol. The molecule has 0 aliphatic heterocycles. The lowest BCUT2D eigenvalue weighted by atomic mass is 9.35. The van der Waals surface area contributed by atoms with Crippen LogP contribution in [-0.4, -0.2) is 50.3 Å². The lowest BCUT2D eigenvalue weighted by Gasteiger charge is -2.69. The van der Waals surface area contributed by atoms with Gasteiger partial charge in [-0.2, -0.15) is 0 Å². The fourth-order valence-electron chi connectivity index (χ4n) is 9.99. The summed E-state index contributed by atoms with van der Waals surface area (Å²) < 4.78 is 22.2. The molecule has 0 aromatic carbocycles. The standard InChI is InChI=1S/C32H40O8/c1-5-37-31(35)29-21-11-12-22(30(29)32(36)38-6-2)28-20-10-9-19(27(21)28)25-17-7-8-18(26(20)25)24(14-40-16(4)34)23(17)13-39-15(3)33/h7-12,17-30H,5-6,13-14H2,1-4H3/t17-,18+,19-,20+,21-,22+,23-,24-,25+,26-,27+,28-,29+,30+/m1/s1. The Morgan fingerprint density at radius 1 is 0.500 bits per heavy atom. The van der Waals surface area contributed by atoms with E-state index < -0.39 is 11.8 Å². The third kappa shape index (κ3) is 4.07. The van der Waals surface area contributed by atoms with E-state index in [1.54, 1.807) is 13.8 Å². The Morgan fingerprint density at radius 2 is 0.825 bits per heavy atom. The molecule has 0 amide bonds. The van der Waals surface area contributed by atoms with Crippen LogP contribution in [0.25, 0.3) is 0 Å². The maximum absolute atomic E-state index is 13.4. The van der Waals surface area contributed by atoms with Crippen LogP contribution in [0.1, 0.15) is 27.7 Å². The van der Waals surface area contributed by atoms with Crippen molar-refractivity contribution in [1.29, 1.82) is 0 Å². The Morgan fingerprint density at radius 3 is 1.18 bits per heavy atom. The molecule has 40 heavy (non-hydrogen) atoms. The van der Waals surface area contributed by atoms with Gasteiger partial charge in [0.05, 0.1) is 38.3 Å². The highest BCUT2D eigenvalue weighted by atomic mass is 16.5. The van der Waals surface area contributed by atoms with Crippen molar-refractivity contribution in [3.05, 3.63) is 36.5 Å². The fourth-order valence-corrected chi connectivity index (χ4v) is 9.99. The van der Waals surface area contributed by atoms with Crippen molar-refractivity contribution in [2.75, 3.05) is 26.4 Å². The number of rotatable bonds is 8. The second-order valence-corrected chi connectivity index (χ2v) is 12.4. The summed E-state index contributed by atoms with van der Waals surface area (Å²) in [6, 6.07) is 0. The molecule has 0 unspecified atom stereocenters.